The maximum atomic E-state index is 15.4. The molecule has 0 fully saturated rings. The highest BCUT2D eigenvalue weighted by Gasteiger charge is 2.52. The minimum absolute atomic E-state index is 0.0899. The highest BCUT2D eigenvalue weighted by Crippen LogP contribution is 2.30. The molecule has 320 valence electrons. The summed E-state index contributed by atoms with van der Waals surface area (Å²) in [6, 6.07) is 14.9. The molecule has 0 aliphatic heterocycles. The van der Waals surface area contributed by atoms with Gasteiger partial charge in [0.15, 0.2) is 76.0 Å². The second-order valence-corrected chi connectivity index (χ2v) is 12.7. The first kappa shape index (κ1) is 46.0. The van der Waals surface area contributed by atoms with Gasteiger partial charge in [-0.2, -0.15) is 4.57 Å². The van der Waals surface area contributed by atoms with Crippen molar-refractivity contribution in [2.75, 3.05) is 0 Å². The van der Waals surface area contributed by atoms with Crippen LogP contribution in [0, 0.1) is 116 Å². The van der Waals surface area contributed by atoms with Crippen LogP contribution in [0.4, 0.5) is 87.8 Å². The second-order valence-electron chi connectivity index (χ2n) is 12.3. The predicted octanol–water partition coefficient (Wildman–Crippen LogP) is 7.99. The lowest BCUT2D eigenvalue weighted by Crippen LogP contribution is -2.81. The van der Waals surface area contributed by atoms with Crippen molar-refractivity contribution >= 4 is 46.4 Å². The molecule has 1 aromatic heterocycles. The maximum absolute atomic E-state index is 15.4. The Morgan fingerprint density at radius 2 is 0.623 bits per heavy atom. The first-order valence-corrected chi connectivity index (χ1v) is 16.4. The van der Waals surface area contributed by atoms with Gasteiger partial charge < -0.3 is 0 Å². The van der Waals surface area contributed by atoms with Crippen LogP contribution >= 0.6 is 12.6 Å². The summed E-state index contributed by atoms with van der Waals surface area (Å²) in [5.74, 6) is -71.3. The topological polar surface area (TPSA) is 20.9 Å². The molecule has 0 saturated heterocycles. The summed E-state index contributed by atoms with van der Waals surface area (Å²) >= 11 is 4.30. The van der Waals surface area contributed by atoms with Crippen LogP contribution in [0.1, 0.15) is 10.4 Å². The lowest BCUT2D eigenvalue weighted by molar-refractivity contribution is -0.719. The number of nitrogens with zero attached hydrogens (tertiary/aromatic N) is 1. The molecule has 0 radical (unpaired) electrons. The van der Waals surface area contributed by atoms with Gasteiger partial charge in [-0.25, -0.2) is 87.8 Å². The number of halogens is 20. The van der Waals surface area contributed by atoms with Gasteiger partial charge in [-0.3, -0.25) is 4.79 Å². The molecule has 2 nitrogen and oxygen atoms in total. The molecule has 5 aromatic carbocycles. The normalized spacial score (nSPS) is 11.5. The van der Waals surface area contributed by atoms with Gasteiger partial charge in [0.1, 0.15) is 52.7 Å². The molecular formula is C37H12BF20NOS. The van der Waals surface area contributed by atoms with Gasteiger partial charge in [-0.1, -0.05) is 43.0 Å². The van der Waals surface area contributed by atoms with Gasteiger partial charge in [0.25, 0.3) is 0 Å². The van der Waals surface area contributed by atoms with Crippen molar-refractivity contribution in [3.8, 4) is 0 Å². The van der Waals surface area contributed by atoms with Crippen molar-refractivity contribution < 1.29 is 97.2 Å². The molecule has 0 N–H and O–H groups in total. The molecule has 6 aromatic rings. The Morgan fingerprint density at radius 1 is 0.377 bits per heavy atom. The fraction of sp³-hybridized carbons (Fsp3) is 0.0270. The molecule has 6 rings (SSSR count). The first-order chi connectivity index (χ1) is 28.5. The van der Waals surface area contributed by atoms with E-state index in [1.807, 2.05) is 59.3 Å². The molecule has 1 heterocycles. The Balaban J connectivity index is 0.000000366. The molecule has 0 unspecified atom stereocenters. The van der Waals surface area contributed by atoms with E-state index in [1.54, 1.807) is 0 Å². The molecule has 0 amide bonds. The summed E-state index contributed by atoms with van der Waals surface area (Å²) in [6.45, 7) is 0.323. The third-order valence-electron chi connectivity index (χ3n) is 9.03. The largest absolute Gasteiger partial charge is 0.287 e. The van der Waals surface area contributed by atoms with Crippen molar-refractivity contribution in [1.82, 2.24) is 0 Å². The summed E-state index contributed by atoms with van der Waals surface area (Å²) in [4.78, 5) is 11.9. The summed E-state index contributed by atoms with van der Waals surface area (Å²) in [6.07, 6.45) is -5.37. The number of hydrogen-bond donors (Lipinski definition) is 1. The fourth-order valence-electron chi connectivity index (χ4n) is 6.35. The smallest absolute Gasteiger partial charge is 0.237 e. The molecule has 0 bridgehead atoms. The van der Waals surface area contributed by atoms with Gasteiger partial charge in [0.2, 0.25) is 17.4 Å². The zero-order valence-electron chi connectivity index (χ0n) is 28.8. The third-order valence-corrected chi connectivity index (χ3v) is 9.44. The standard InChI is InChI=1S/C24BF20.C13H11NOS/c26-5-1(6(27)14(35)21(42)13(5)34)25(2-7(28)15(36)22(43)16(37)8(2)29,3-9(30)17(38)23(44)18(39)10(3)31)4-11(32)19(40)24(45)20(41)12(4)33;15-12(11-6-2-1-3-7-11)10-14-9-5-4-8-13(14)16/h;1-9H,10H2/q-1;/p+1. The number of rotatable bonds is 7. The minimum Gasteiger partial charge on any atom is -0.287 e. The molecule has 0 spiro atoms. The lowest BCUT2D eigenvalue weighted by atomic mass is 9.12. The van der Waals surface area contributed by atoms with Crippen LogP contribution in [0.25, 0.3) is 0 Å². The number of ketones is 1. The van der Waals surface area contributed by atoms with Crippen LogP contribution in [-0.2, 0) is 6.54 Å². The van der Waals surface area contributed by atoms with Crippen LogP contribution in [0.15, 0.2) is 59.8 Å². The maximum Gasteiger partial charge on any atom is 0.237 e. The molecule has 24 heteroatoms. The highest BCUT2D eigenvalue weighted by atomic mass is 32.1. The SMILES string of the molecule is Fc1c(F)c(F)c([B-](c2c(F)c(F)c(F)c(F)c2F)(c2c(F)c(F)c(F)c(F)c2F)c2c(F)c(F)c(F)c(F)c2F)c(F)c1F.O=C(C[n+]1ccccc1S)c1ccccc1. The quantitative estimate of drug-likeness (QED) is 0.0328. The van der Waals surface area contributed by atoms with Crippen LogP contribution in [-0.4, -0.2) is 11.9 Å². The fourth-order valence-corrected chi connectivity index (χ4v) is 6.57. The van der Waals surface area contributed by atoms with Crippen molar-refractivity contribution in [3.63, 3.8) is 0 Å². The predicted molar refractivity (Wildman–Crippen MR) is 174 cm³/mol. The van der Waals surface area contributed by atoms with Crippen LogP contribution in [0.3, 0.4) is 0 Å². The van der Waals surface area contributed by atoms with Crippen molar-refractivity contribution in [2.24, 2.45) is 0 Å². The van der Waals surface area contributed by atoms with E-state index in [4.69, 9.17) is 0 Å². The Labute approximate surface area is 331 Å². The van der Waals surface area contributed by atoms with E-state index >= 15 is 35.1 Å². The summed E-state index contributed by atoms with van der Waals surface area (Å²) in [5, 5.41) is 0.784. The molecule has 0 aliphatic rings. The van der Waals surface area contributed by atoms with E-state index in [-0.39, 0.29) is 5.78 Å². The number of carbonyl (C=O) groups excluding carboxylic acids is 1. The Morgan fingerprint density at radius 3 is 0.885 bits per heavy atom. The van der Waals surface area contributed by atoms with Crippen molar-refractivity contribution in [2.45, 2.75) is 11.6 Å². The van der Waals surface area contributed by atoms with E-state index in [0.29, 0.717) is 6.54 Å². The number of carbonyl (C=O) groups is 1. The summed E-state index contributed by atoms with van der Waals surface area (Å²) in [5.41, 5.74) is -13.6. The average molecular weight is 909 g/mol. The Hall–Kier alpha value is -6.07. The average Bonchev–Trinajstić information content (AvgIpc) is 3.24. The van der Waals surface area contributed by atoms with E-state index in [0.717, 1.165) is 10.6 Å². The van der Waals surface area contributed by atoms with Gasteiger partial charge in [-0.05, 0) is 6.07 Å². The molecule has 61 heavy (non-hydrogen) atoms. The number of aromatic nitrogens is 1. The van der Waals surface area contributed by atoms with Gasteiger partial charge in [0, 0.05) is 17.7 Å². The highest BCUT2D eigenvalue weighted by molar-refractivity contribution is 7.80. The first-order valence-electron chi connectivity index (χ1n) is 16.0. The summed E-state index contributed by atoms with van der Waals surface area (Å²) in [7, 11) is 0. The van der Waals surface area contributed by atoms with Crippen molar-refractivity contribution in [3.05, 3.63) is 177 Å². The van der Waals surface area contributed by atoms with Gasteiger partial charge in [0.05, 0.1) is 0 Å². The third kappa shape index (κ3) is 7.32. The number of hydrogen-bond acceptors (Lipinski definition) is 2. The van der Waals surface area contributed by atoms with E-state index in [9.17, 15) is 57.5 Å². The number of pyridine rings is 1. The van der Waals surface area contributed by atoms with E-state index < -0.39 is 144 Å². The number of Topliss-reactive ketones (excluding diaryl/α,β-unsaturated/α-hetero) is 1. The van der Waals surface area contributed by atoms with Crippen LogP contribution in [0.2, 0.25) is 0 Å². The van der Waals surface area contributed by atoms with E-state index in [1.165, 1.54) is 0 Å². The zero-order valence-corrected chi connectivity index (χ0v) is 29.7. The van der Waals surface area contributed by atoms with Gasteiger partial charge in [-0.15, -0.1) is 21.9 Å². The minimum atomic E-state index is -7.22. The van der Waals surface area contributed by atoms with E-state index in [2.05, 4.69) is 12.6 Å². The molecule has 0 atom stereocenters. The monoisotopic (exact) mass is 909 g/mol. The molecular weight excluding hydrogens is 897 g/mol. The second kappa shape index (κ2) is 17.1. The Kier molecular flexibility index (Phi) is 12.9. The number of benzene rings is 5. The lowest BCUT2D eigenvalue weighted by Gasteiger charge is -2.44. The van der Waals surface area contributed by atoms with Crippen LogP contribution < -0.4 is 26.4 Å². The summed E-state index contributed by atoms with van der Waals surface area (Å²) < 4.78 is 296. The van der Waals surface area contributed by atoms with Gasteiger partial charge >= 0.3 is 0 Å². The van der Waals surface area contributed by atoms with Crippen molar-refractivity contribution in [1.29, 1.82) is 0 Å². The zero-order chi connectivity index (χ0) is 45.7. The number of thiol groups is 1. The molecule has 0 saturated carbocycles. The molecule has 0 aliphatic carbocycles. The Bertz CT molecular complexity index is 2390. The van der Waals surface area contributed by atoms with Crippen LogP contribution in [0.5, 0.6) is 0 Å².